The number of carbonyl (C=O) groups is 4. The molecule has 3 amide bonds. The topological polar surface area (TPSA) is 133 Å². The number of β-lactam (4-membered cyclic amide) rings is 1. The Morgan fingerprint density at radius 2 is 1.86 bits per heavy atom. The monoisotopic (exact) mass is 502 g/mol. The molecule has 10 nitrogen and oxygen atoms in total. The normalized spacial score (nSPS) is 26.6. The second-order valence-electron chi connectivity index (χ2n) is 9.36. The predicted molar refractivity (Wildman–Crippen MR) is 129 cm³/mol. The summed E-state index contributed by atoms with van der Waals surface area (Å²) in [6.07, 6.45) is 1.34. The molecule has 3 N–H and O–H groups in total. The van der Waals surface area contributed by atoms with Crippen LogP contribution in [0.1, 0.15) is 32.4 Å². The number of allylic oxidation sites excluding steroid dienone is 1. The Balaban J connectivity index is 1.68. The number of carboxylic acids is 1. The smallest absolute Gasteiger partial charge is 0.327 e. The van der Waals surface area contributed by atoms with Gasteiger partial charge >= 0.3 is 5.97 Å². The average molecular weight is 503 g/mol. The summed E-state index contributed by atoms with van der Waals surface area (Å²) in [7, 11) is 0. The lowest BCUT2D eigenvalue weighted by Gasteiger charge is -2.49. The Hall–Kier alpha value is -2.89. The summed E-state index contributed by atoms with van der Waals surface area (Å²) in [6.45, 7) is 6.87. The molecule has 3 fully saturated rings. The zero-order valence-corrected chi connectivity index (χ0v) is 20.7. The number of rotatable bonds is 6. The van der Waals surface area contributed by atoms with Crippen molar-refractivity contribution >= 4 is 35.5 Å². The lowest BCUT2D eigenvalue weighted by molar-refractivity contribution is -0.167. The highest BCUT2D eigenvalue weighted by Crippen LogP contribution is 2.52. The van der Waals surface area contributed by atoms with Crippen molar-refractivity contribution in [1.82, 2.24) is 14.7 Å². The zero-order valence-electron chi connectivity index (χ0n) is 19.9. The van der Waals surface area contributed by atoms with E-state index in [1.54, 1.807) is 56.0 Å². The van der Waals surface area contributed by atoms with Crippen LogP contribution in [0.3, 0.4) is 0 Å². The minimum atomic E-state index is -1.09. The molecule has 1 aromatic carbocycles. The Bertz CT molecular complexity index is 1060. The van der Waals surface area contributed by atoms with Crippen LogP contribution < -0.4 is 5.73 Å². The highest BCUT2D eigenvalue weighted by atomic mass is 32.2. The molecule has 4 atom stereocenters. The molecule has 3 heterocycles. The van der Waals surface area contributed by atoms with Crippen LogP contribution in [0.25, 0.3) is 0 Å². The molecular weight excluding hydrogens is 472 g/mol. The van der Waals surface area contributed by atoms with Crippen molar-refractivity contribution in [1.29, 1.82) is 0 Å². The number of amides is 3. The maximum atomic E-state index is 13.7. The number of morpholine rings is 1. The first-order valence-electron chi connectivity index (χ1n) is 11.5. The molecule has 0 aliphatic carbocycles. The number of aliphatic carboxylic acids is 1. The van der Waals surface area contributed by atoms with Crippen molar-refractivity contribution in [2.45, 2.75) is 49.0 Å². The van der Waals surface area contributed by atoms with Crippen LogP contribution in [0.15, 0.2) is 42.1 Å². The molecule has 4 rings (SSSR count). The third-order valence-corrected chi connectivity index (χ3v) is 8.18. The van der Waals surface area contributed by atoms with Crippen LogP contribution in [0.5, 0.6) is 0 Å². The van der Waals surface area contributed by atoms with Crippen LogP contribution >= 0.6 is 11.8 Å². The quantitative estimate of drug-likeness (QED) is 0.431. The first-order valence-corrected chi connectivity index (χ1v) is 12.3. The molecule has 0 aromatic heterocycles. The average Bonchev–Trinajstić information content (AvgIpc) is 3.09. The largest absolute Gasteiger partial charge is 0.480 e. The van der Waals surface area contributed by atoms with Gasteiger partial charge in [0.15, 0.2) is 0 Å². The van der Waals surface area contributed by atoms with Crippen LogP contribution in [0.4, 0.5) is 0 Å². The molecule has 1 aromatic rings. The Morgan fingerprint density at radius 3 is 2.46 bits per heavy atom. The van der Waals surface area contributed by atoms with E-state index < -0.39 is 46.0 Å². The number of thioether (sulfide) groups is 1. The van der Waals surface area contributed by atoms with Gasteiger partial charge < -0.3 is 25.4 Å². The Labute approximate surface area is 208 Å². The lowest BCUT2D eigenvalue weighted by atomic mass is 9.94. The Morgan fingerprint density at radius 1 is 1.23 bits per heavy atom. The highest BCUT2D eigenvalue weighted by molar-refractivity contribution is 8.01. The minimum Gasteiger partial charge on any atom is -0.480 e. The molecule has 11 heteroatoms. The second-order valence-corrected chi connectivity index (χ2v) is 11.1. The second kappa shape index (κ2) is 9.63. The number of carbonyl (C=O) groups excluding carboxylic acids is 3. The molecule has 0 saturated carbocycles. The number of nitrogens with zero attached hydrogens (tertiary/aromatic N) is 3. The summed E-state index contributed by atoms with van der Waals surface area (Å²) in [5.41, 5.74) is 7.18. The van der Waals surface area contributed by atoms with E-state index in [9.17, 15) is 24.3 Å². The number of hydrogen-bond acceptors (Lipinski definition) is 7. The van der Waals surface area contributed by atoms with Crippen LogP contribution in [0.2, 0.25) is 0 Å². The van der Waals surface area contributed by atoms with E-state index in [-0.39, 0.29) is 11.6 Å². The molecule has 0 bridgehead atoms. The van der Waals surface area contributed by atoms with Crippen molar-refractivity contribution in [3.05, 3.63) is 47.7 Å². The van der Waals surface area contributed by atoms with Gasteiger partial charge in [0.05, 0.1) is 13.2 Å². The summed E-state index contributed by atoms with van der Waals surface area (Å²) in [6, 6.07) is 5.75. The Kier molecular flexibility index (Phi) is 6.94. The maximum Gasteiger partial charge on any atom is 0.327 e. The number of ether oxygens (including phenoxy) is 1. The predicted octanol–water partition coefficient (Wildman–Crippen LogP) is 0.793. The van der Waals surface area contributed by atoms with Gasteiger partial charge in [0, 0.05) is 29.6 Å². The zero-order chi connectivity index (χ0) is 25.5. The van der Waals surface area contributed by atoms with Crippen molar-refractivity contribution in [2.75, 3.05) is 26.3 Å². The molecule has 1 unspecified atom stereocenters. The summed E-state index contributed by atoms with van der Waals surface area (Å²) in [5.74, 6) is -2.38. The van der Waals surface area contributed by atoms with Gasteiger partial charge in [-0.25, -0.2) is 4.79 Å². The summed E-state index contributed by atoms with van der Waals surface area (Å²) >= 11 is 1.33. The van der Waals surface area contributed by atoms with E-state index in [2.05, 4.69) is 0 Å². The summed E-state index contributed by atoms with van der Waals surface area (Å²) < 4.78 is 4.55. The third kappa shape index (κ3) is 4.55. The summed E-state index contributed by atoms with van der Waals surface area (Å²) in [5, 5.41) is 9.19. The third-order valence-electron chi connectivity index (χ3n) is 6.62. The number of nitrogens with two attached hydrogens (primary N) is 1. The van der Waals surface area contributed by atoms with E-state index >= 15 is 0 Å². The minimum absolute atomic E-state index is 0.285. The fourth-order valence-corrected chi connectivity index (χ4v) is 6.51. The van der Waals surface area contributed by atoms with E-state index in [0.29, 0.717) is 31.9 Å². The molecule has 188 valence electrons. The fourth-order valence-electron chi connectivity index (χ4n) is 4.84. The van der Waals surface area contributed by atoms with Gasteiger partial charge in [0.2, 0.25) is 11.8 Å². The molecule has 3 aliphatic heterocycles. The van der Waals surface area contributed by atoms with Gasteiger partial charge in [-0.1, -0.05) is 30.3 Å². The molecule has 35 heavy (non-hydrogen) atoms. The van der Waals surface area contributed by atoms with Crippen LogP contribution in [-0.4, -0.2) is 92.0 Å². The SMILES string of the molecule is CC(=CC(=O)N1CCOCC1)N(C(=O)C(N)c1ccccc1)[C@@H]1C(=O)N2[C@@H]1SC(C)(C)[C@@H]2C(=O)O. The van der Waals surface area contributed by atoms with Crippen molar-refractivity contribution in [2.24, 2.45) is 5.73 Å². The van der Waals surface area contributed by atoms with Gasteiger partial charge in [-0.15, -0.1) is 11.8 Å². The van der Waals surface area contributed by atoms with Crippen LogP contribution in [0, 0.1) is 0 Å². The van der Waals surface area contributed by atoms with E-state index in [4.69, 9.17) is 10.5 Å². The van der Waals surface area contributed by atoms with E-state index in [0.717, 1.165) is 0 Å². The van der Waals surface area contributed by atoms with Gasteiger partial charge in [0.25, 0.3) is 5.91 Å². The van der Waals surface area contributed by atoms with Crippen molar-refractivity contribution in [3.8, 4) is 0 Å². The van der Waals surface area contributed by atoms with Gasteiger partial charge in [-0.05, 0) is 26.3 Å². The molecule has 3 aliphatic rings. The van der Waals surface area contributed by atoms with Gasteiger partial charge in [0.1, 0.15) is 23.5 Å². The van der Waals surface area contributed by atoms with E-state index in [1.807, 2.05) is 0 Å². The van der Waals surface area contributed by atoms with Crippen LogP contribution in [-0.2, 0) is 23.9 Å². The van der Waals surface area contributed by atoms with Gasteiger partial charge in [-0.3, -0.25) is 19.3 Å². The van der Waals surface area contributed by atoms with E-state index in [1.165, 1.54) is 27.6 Å². The molecule has 0 radical (unpaired) electrons. The highest BCUT2D eigenvalue weighted by Gasteiger charge is 2.66. The van der Waals surface area contributed by atoms with Gasteiger partial charge in [-0.2, -0.15) is 0 Å². The molecular formula is C24H30N4O6S. The number of carboxylic acid groups (broad SMARTS) is 1. The molecule has 0 spiro atoms. The number of benzene rings is 1. The summed E-state index contributed by atoms with van der Waals surface area (Å²) in [4.78, 5) is 56.1. The van der Waals surface area contributed by atoms with Crippen molar-refractivity contribution < 1.29 is 29.0 Å². The fraction of sp³-hybridized carbons (Fsp3) is 0.500. The van der Waals surface area contributed by atoms with Crippen molar-refractivity contribution in [3.63, 3.8) is 0 Å². The first kappa shape index (κ1) is 25.2. The lowest BCUT2D eigenvalue weighted by Crippen LogP contribution is -2.71. The maximum absolute atomic E-state index is 13.7. The first-order chi connectivity index (χ1) is 16.5. The number of hydrogen-bond donors (Lipinski definition) is 2. The number of fused-ring (bicyclic) bond motifs is 1. The standard InChI is InChI=1S/C24H30N4O6S/c1-14(13-16(29)26-9-11-34-12-10-26)27(20(30)17(25)15-7-5-4-6-8-15)18-21(31)28-19(23(32)33)24(2,3)35-22(18)28/h4-8,13,17-19,22H,9-12,25H2,1-3H3,(H,32,33)/t17?,18-,19+,22-/m1/s1. The molecule has 3 saturated heterocycles.